The first kappa shape index (κ1) is 12.8. The van der Waals surface area contributed by atoms with E-state index in [0.717, 1.165) is 21.5 Å². The summed E-state index contributed by atoms with van der Waals surface area (Å²) in [7, 11) is 0. The molecule has 0 amide bonds. The van der Waals surface area contributed by atoms with Crippen LogP contribution in [0.4, 0.5) is 5.82 Å². The van der Waals surface area contributed by atoms with E-state index in [0.29, 0.717) is 18.2 Å². The molecule has 0 saturated heterocycles. The summed E-state index contributed by atoms with van der Waals surface area (Å²) >= 11 is 3.35. The Morgan fingerprint density at radius 3 is 2.67 bits per heavy atom. The Morgan fingerprint density at radius 1 is 1.28 bits per heavy atom. The lowest BCUT2D eigenvalue weighted by atomic mass is 10.2. The van der Waals surface area contributed by atoms with Crippen molar-refractivity contribution in [1.82, 2.24) is 9.97 Å². The average molecular weight is 308 g/mol. The van der Waals surface area contributed by atoms with Crippen molar-refractivity contribution < 1.29 is 4.74 Å². The van der Waals surface area contributed by atoms with Gasteiger partial charge in [0.05, 0.1) is 22.3 Å². The molecular weight excluding hydrogens is 294 g/mol. The van der Waals surface area contributed by atoms with E-state index in [9.17, 15) is 0 Å². The maximum atomic E-state index is 5.84. The molecule has 4 nitrogen and oxygen atoms in total. The van der Waals surface area contributed by atoms with Crippen LogP contribution in [0.3, 0.4) is 0 Å². The molecule has 0 aliphatic heterocycles. The maximum Gasteiger partial charge on any atom is 0.165 e. The number of nitrogen functional groups attached to an aromatic ring is 1. The van der Waals surface area contributed by atoms with Crippen LogP contribution in [0.2, 0.25) is 0 Å². The Labute approximate surface area is 114 Å². The van der Waals surface area contributed by atoms with E-state index in [4.69, 9.17) is 10.5 Å². The van der Waals surface area contributed by atoms with Crippen molar-refractivity contribution in [3.05, 3.63) is 34.4 Å². The third-order valence-electron chi connectivity index (χ3n) is 2.47. The molecular formula is C13H14BrN3O. The summed E-state index contributed by atoms with van der Waals surface area (Å²) in [6, 6.07) is 7.67. The zero-order valence-electron chi connectivity index (χ0n) is 10.3. The first-order valence-corrected chi connectivity index (χ1v) is 6.44. The SMILES string of the molecule is CCOc1ccccc1-c1nc(C)c(Br)c(N)n1. The second kappa shape index (κ2) is 5.35. The summed E-state index contributed by atoms with van der Waals surface area (Å²) in [5.41, 5.74) is 7.50. The molecule has 2 aromatic rings. The van der Waals surface area contributed by atoms with Crippen molar-refractivity contribution in [2.45, 2.75) is 13.8 Å². The van der Waals surface area contributed by atoms with E-state index < -0.39 is 0 Å². The van der Waals surface area contributed by atoms with Crippen LogP contribution in [0.25, 0.3) is 11.4 Å². The van der Waals surface area contributed by atoms with Gasteiger partial charge in [0.25, 0.3) is 0 Å². The number of nitrogens with zero attached hydrogens (tertiary/aromatic N) is 2. The summed E-state index contributed by atoms with van der Waals surface area (Å²) in [4.78, 5) is 8.72. The molecule has 5 heteroatoms. The third-order valence-corrected chi connectivity index (χ3v) is 3.45. The molecule has 0 spiro atoms. The van der Waals surface area contributed by atoms with Gasteiger partial charge in [-0.1, -0.05) is 12.1 Å². The molecule has 0 aliphatic rings. The van der Waals surface area contributed by atoms with Gasteiger partial charge in [-0.3, -0.25) is 0 Å². The number of rotatable bonds is 3. The zero-order chi connectivity index (χ0) is 13.1. The molecule has 0 unspecified atom stereocenters. The minimum absolute atomic E-state index is 0.434. The fourth-order valence-electron chi connectivity index (χ4n) is 1.63. The molecule has 18 heavy (non-hydrogen) atoms. The van der Waals surface area contributed by atoms with Crippen LogP contribution in [-0.2, 0) is 0 Å². The lowest BCUT2D eigenvalue weighted by Gasteiger charge is -2.10. The molecule has 0 atom stereocenters. The largest absolute Gasteiger partial charge is 0.493 e. The zero-order valence-corrected chi connectivity index (χ0v) is 11.9. The standard InChI is InChI=1S/C13H14BrN3O/c1-3-18-10-7-5-4-6-9(10)13-16-8(2)11(14)12(15)17-13/h4-7H,3H2,1-2H3,(H2,15,16,17). The quantitative estimate of drug-likeness (QED) is 0.946. The number of para-hydroxylation sites is 1. The van der Waals surface area contributed by atoms with E-state index in [2.05, 4.69) is 25.9 Å². The molecule has 1 heterocycles. The van der Waals surface area contributed by atoms with E-state index in [1.165, 1.54) is 0 Å². The van der Waals surface area contributed by atoms with Gasteiger partial charge in [0, 0.05) is 0 Å². The summed E-state index contributed by atoms with van der Waals surface area (Å²) in [5, 5.41) is 0. The highest BCUT2D eigenvalue weighted by Gasteiger charge is 2.12. The Kier molecular flexibility index (Phi) is 3.81. The highest BCUT2D eigenvalue weighted by Crippen LogP contribution is 2.30. The van der Waals surface area contributed by atoms with Crippen molar-refractivity contribution >= 4 is 21.7 Å². The van der Waals surface area contributed by atoms with Gasteiger partial charge in [-0.15, -0.1) is 0 Å². The fraction of sp³-hybridized carbons (Fsp3) is 0.231. The Morgan fingerprint density at radius 2 is 2.00 bits per heavy atom. The van der Waals surface area contributed by atoms with Crippen LogP contribution in [0, 0.1) is 6.92 Å². The molecule has 0 radical (unpaired) electrons. The summed E-state index contributed by atoms with van der Waals surface area (Å²) < 4.78 is 6.31. The number of benzene rings is 1. The minimum atomic E-state index is 0.434. The molecule has 0 saturated carbocycles. The second-order valence-corrected chi connectivity index (χ2v) is 4.55. The van der Waals surface area contributed by atoms with Gasteiger partial charge in [-0.05, 0) is 41.9 Å². The average Bonchev–Trinajstić information content (AvgIpc) is 2.36. The van der Waals surface area contributed by atoms with Gasteiger partial charge >= 0.3 is 0 Å². The number of hydrogen-bond acceptors (Lipinski definition) is 4. The number of halogens is 1. The lowest BCUT2D eigenvalue weighted by Crippen LogP contribution is -2.02. The normalized spacial score (nSPS) is 10.4. The van der Waals surface area contributed by atoms with Crippen molar-refractivity contribution in [2.24, 2.45) is 0 Å². The molecule has 0 bridgehead atoms. The number of aromatic nitrogens is 2. The summed E-state index contributed by atoms with van der Waals surface area (Å²) in [6.07, 6.45) is 0. The third kappa shape index (κ3) is 2.46. The fourth-order valence-corrected chi connectivity index (χ4v) is 1.81. The summed E-state index contributed by atoms with van der Waals surface area (Å²) in [6.45, 7) is 4.43. The van der Waals surface area contributed by atoms with Gasteiger partial charge in [0.2, 0.25) is 0 Å². The van der Waals surface area contributed by atoms with Gasteiger partial charge in [0.1, 0.15) is 11.6 Å². The molecule has 2 rings (SSSR count). The van der Waals surface area contributed by atoms with Crippen molar-refractivity contribution in [3.63, 3.8) is 0 Å². The monoisotopic (exact) mass is 307 g/mol. The van der Waals surface area contributed by atoms with E-state index in [1.54, 1.807) is 0 Å². The molecule has 0 fully saturated rings. The van der Waals surface area contributed by atoms with Gasteiger partial charge in [-0.2, -0.15) is 0 Å². The van der Waals surface area contributed by atoms with Gasteiger partial charge in [0.15, 0.2) is 5.82 Å². The van der Waals surface area contributed by atoms with Gasteiger partial charge in [-0.25, -0.2) is 9.97 Å². The highest BCUT2D eigenvalue weighted by molar-refractivity contribution is 9.10. The van der Waals surface area contributed by atoms with Crippen molar-refractivity contribution in [3.8, 4) is 17.1 Å². The van der Waals surface area contributed by atoms with Gasteiger partial charge < -0.3 is 10.5 Å². The number of hydrogen-bond donors (Lipinski definition) is 1. The molecule has 1 aromatic carbocycles. The number of nitrogens with two attached hydrogens (primary N) is 1. The Hall–Kier alpha value is -1.62. The lowest BCUT2D eigenvalue weighted by molar-refractivity contribution is 0.341. The van der Waals surface area contributed by atoms with Crippen LogP contribution in [0.1, 0.15) is 12.6 Å². The Bertz CT molecular complexity index is 549. The number of ether oxygens (including phenoxy) is 1. The van der Waals surface area contributed by atoms with Crippen LogP contribution in [0.5, 0.6) is 5.75 Å². The van der Waals surface area contributed by atoms with Crippen LogP contribution >= 0.6 is 15.9 Å². The van der Waals surface area contributed by atoms with Crippen LogP contribution in [-0.4, -0.2) is 16.6 Å². The predicted octanol–water partition coefficient (Wildman–Crippen LogP) is 3.20. The molecule has 94 valence electrons. The number of anilines is 1. The van der Waals surface area contributed by atoms with Crippen molar-refractivity contribution in [1.29, 1.82) is 0 Å². The topological polar surface area (TPSA) is 61.0 Å². The molecule has 0 aliphatic carbocycles. The van der Waals surface area contributed by atoms with Crippen molar-refractivity contribution in [2.75, 3.05) is 12.3 Å². The first-order valence-electron chi connectivity index (χ1n) is 5.65. The van der Waals surface area contributed by atoms with Crippen LogP contribution < -0.4 is 10.5 Å². The maximum absolute atomic E-state index is 5.84. The van der Waals surface area contributed by atoms with E-state index in [-0.39, 0.29) is 0 Å². The van der Waals surface area contributed by atoms with E-state index in [1.807, 2.05) is 38.1 Å². The van der Waals surface area contributed by atoms with E-state index >= 15 is 0 Å². The number of aryl methyl sites for hydroxylation is 1. The first-order chi connectivity index (χ1) is 8.63. The highest BCUT2D eigenvalue weighted by atomic mass is 79.9. The molecule has 2 N–H and O–H groups in total. The predicted molar refractivity (Wildman–Crippen MR) is 75.5 cm³/mol. The minimum Gasteiger partial charge on any atom is -0.493 e. The molecule has 1 aromatic heterocycles. The Balaban J connectivity index is 2.55. The second-order valence-electron chi connectivity index (χ2n) is 3.76. The smallest absolute Gasteiger partial charge is 0.165 e. The summed E-state index contributed by atoms with van der Waals surface area (Å²) in [5.74, 6) is 1.78. The van der Waals surface area contributed by atoms with Crippen LogP contribution in [0.15, 0.2) is 28.7 Å².